The first-order chi connectivity index (χ1) is 8.83. The van der Waals surface area contributed by atoms with Crippen molar-refractivity contribution in [2.45, 2.75) is 71.8 Å². The fourth-order valence-corrected chi connectivity index (χ4v) is 2.81. The molecule has 2 heteroatoms. The van der Waals surface area contributed by atoms with Crippen molar-refractivity contribution in [2.75, 3.05) is 13.2 Å². The highest BCUT2D eigenvalue weighted by Gasteiger charge is 2.25. The van der Waals surface area contributed by atoms with Crippen LogP contribution >= 0.6 is 0 Å². The van der Waals surface area contributed by atoms with E-state index in [0.29, 0.717) is 6.04 Å². The van der Waals surface area contributed by atoms with Gasteiger partial charge in [-0.2, -0.15) is 0 Å². The van der Waals surface area contributed by atoms with Gasteiger partial charge in [0.2, 0.25) is 0 Å². The second-order valence-corrected chi connectivity index (χ2v) is 5.37. The summed E-state index contributed by atoms with van der Waals surface area (Å²) >= 11 is 0. The first-order valence-corrected chi connectivity index (χ1v) is 7.89. The van der Waals surface area contributed by atoms with E-state index in [-0.39, 0.29) is 0 Å². The topological polar surface area (TPSA) is 21.3 Å². The van der Waals surface area contributed by atoms with Crippen molar-refractivity contribution >= 4 is 0 Å². The van der Waals surface area contributed by atoms with Crippen molar-refractivity contribution in [3.8, 4) is 0 Å². The summed E-state index contributed by atoms with van der Waals surface area (Å²) < 4.78 is 5.91. The fraction of sp³-hybridized carbons (Fsp3) is 0.875. The van der Waals surface area contributed by atoms with Crippen molar-refractivity contribution in [2.24, 2.45) is 5.92 Å². The highest BCUT2D eigenvalue weighted by molar-refractivity contribution is 5.07. The summed E-state index contributed by atoms with van der Waals surface area (Å²) in [7, 11) is 0. The lowest BCUT2D eigenvalue weighted by atomic mass is 9.88. The Labute approximate surface area is 113 Å². The first kappa shape index (κ1) is 15.6. The van der Waals surface area contributed by atoms with Gasteiger partial charge in [-0.3, -0.25) is 0 Å². The van der Waals surface area contributed by atoms with Gasteiger partial charge < -0.3 is 10.1 Å². The van der Waals surface area contributed by atoms with Crippen LogP contribution in [-0.2, 0) is 4.74 Å². The Balaban J connectivity index is 2.69. The van der Waals surface area contributed by atoms with Crippen molar-refractivity contribution in [1.82, 2.24) is 5.32 Å². The minimum absolute atomic E-state index is 0.449. The number of nitrogens with one attached hydrogen (secondary N) is 1. The normalized spacial score (nSPS) is 17.4. The molecule has 0 saturated carbocycles. The van der Waals surface area contributed by atoms with Crippen LogP contribution in [0.3, 0.4) is 0 Å². The molecular weight excluding hydrogens is 222 g/mol. The van der Waals surface area contributed by atoms with E-state index in [1.165, 1.54) is 50.7 Å². The smallest absolute Gasteiger partial charge is 0.109 e. The lowest BCUT2D eigenvalue weighted by Crippen LogP contribution is -2.40. The largest absolute Gasteiger partial charge is 0.497 e. The van der Waals surface area contributed by atoms with Gasteiger partial charge in [0.05, 0.1) is 12.6 Å². The van der Waals surface area contributed by atoms with E-state index in [4.69, 9.17) is 4.74 Å². The minimum Gasteiger partial charge on any atom is -0.497 e. The van der Waals surface area contributed by atoms with Crippen LogP contribution in [0, 0.1) is 5.92 Å². The maximum Gasteiger partial charge on any atom is 0.109 e. The van der Waals surface area contributed by atoms with Crippen LogP contribution in [0.25, 0.3) is 0 Å². The standard InChI is InChI=1S/C16H31NO/c1-4-9-14(10-5-2)16(17-12-6-3)15-11-7-8-13-18-15/h11,14,16-17H,4-10,12-13H2,1-3H3. The Morgan fingerprint density at radius 1 is 1.17 bits per heavy atom. The van der Waals surface area contributed by atoms with E-state index >= 15 is 0 Å². The average molecular weight is 253 g/mol. The summed E-state index contributed by atoms with van der Waals surface area (Å²) in [6.45, 7) is 8.80. The zero-order valence-electron chi connectivity index (χ0n) is 12.5. The molecule has 0 aromatic carbocycles. The molecule has 1 atom stereocenters. The SMILES string of the molecule is CCCNC(C1=CCCCO1)C(CCC)CCC. The van der Waals surface area contributed by atoms with Crippen LogP contribution < -0.4 is 5.32 Å². The number of hydrogen-bond donors (Lipinski definition) is 1. The Morgan fingerprint density at radius 2 is 1.89 bits per heavy atom. The molecule has 106 valence electrons. The second-order valence-electron chi connectivity index (χ2n) is 5.37. The van der Waals surface area contributed by atoms with Crippen LogP contribution in [0.5, 0.6) is 0 Å². The van der Waals surface area contributed by atoms with Gasteiger partial charge in [-0.25, -0.2) is 0 Å². The molecule has 0 bridgehead atoms. The summed E-state index contributed by atoms with van der Waals surface area (Å²) in [4.78, 5) is 0. The molecule has 1 aliphatic heterocycles. The Kier molecular flexibility index (Phi) is 8.15. The van der Waals surface area contributed by atoms with Crippen molar-refractivity contribution < 1.29 is 4.74 Å². The van der Waals surface area contributed by atoms with E-state index < -0.39 is 0 Å². The summed E-state index contributed by atoms with van der Waals surface area (Å²) in [5.74, 6) is 1.96. The highest BCUT2D eigenvalue weighted by atomic mass is 16.5. The molecule has 1 rings (SSSR count). The van der Waals surface area contributed by atoms with E-state index in [0.717, 1.165) is 19.1 Å². The molecule has 1 unspecified atom stereocenters. The quantitative estimate of drug-likeness (QED) is 0.662. The summed E-state index contributed by atoms with van der Waals surface area (Å²) in [5.41, 5.74) is 0. The predicted octanol–water partition coefficient (Wildman–Crippen LogP) is 4.27. The number of hydrogen-bond acceptors (Lipinski definition) is 2. The molecule has 0 aromatic rings. The van der Waals surface area contributed by atoms with Gasteiger partial charge in [-0.15, -0.1) is 0 Å². The number of rotatable bonds is 9. The van der Waals surface area contributed by atoms with E-state index in [1.54, 1.807) is 0 Å². The lowest BCUT2D eigenvalue weighted by Gasteiger charge is -2.31. The molecule has 0 amide bonds. The van der Waals surface area contributed by atoms with Crippen molar-refractivity contribution in [3.63, 3.8) is 0 Å². The molecule has 0 aromatic heterocycles. The maximum absolute atomic E-state index is 5.91. The molecule has 2 nitrogen and oxygen atoms in total. The zero-order chi connectivity index (χ0) is 13.2. The van der Waals surface area contributed by atoms with E-state index in [9.17, 15) is 0 Å². The molecule has 0 spiro atoms. The highest BCUT2D eigenvalue weighted by Crippen LogP contribution is 2.26. The van der Waals surface area contributed by atoms with Gasteiger partial charge in [-0.05, 0) is 50.6 Å². The van der Waals surface area contributed by atoms with Crippen molar-refractivity contribution in [1.29, 1.82) is 0 Å². The number of ether oxygens (including phenoxy) is 1. The van der Waals surface area contributed by atoms with Gasteiger partial charge in [0, 0.05) is 0 Å². The first-order valence-electron chi connectivity index (χ1n) is 7.89. The number of allylic oxidation sites excluding steroid dienone is 1. The fourth-order valence-electron chi connectivity index (χ4n) is 2.81. The molecular formula is C16H31NO. The molecule has 1 aliphatic rings. The minimum atomic E-state index is 0.449. The van der Waals surface area contributed by atoms with Crippen LogP contribution in [0.4, 0.5) is 0 Å². The van der Waals surface area contributed by atoms with Gasteiger partial charge >= 0.3 is 0 Å². The Hall–Kier alpha value is -0.500. The molecule has 1 N–H and O–H groups in total. The Morgan fingerprint density at radius 3 is 2.39 bits per heavy atom. The van der Waals surface area contributed by atoms with Crippen LogP contribution in [0.2, 0.25) is 0 Å². The lowest BCUT2D eigenvalue weighted by molar-refractivity contribution is 0.145. The van der Waals surface area contributed by atoms with Gasteiger partial charge in [0.1, 0.15) is 5.76 Å². The molecule has 0 radical (unpaired) electrons. The van der Waals surface area contributed by atoms with Crippen LogP contribution in [0.1, 0.15) is 65.7 Å². The van der Waals surface area contributed by atoms with E-state index in [2.05, 4.69) is 32.2 Å². The molecule has 0 fully saturated rings. The monoisotopic (exact) mass is 253 g/mol. The maximum atomic E-state index is 5.91. The van der Waals surface area contributed by atoms with Gasteiger partial charge in [0.15, 0.2) is 0 Å². The summed E-state index contributed by atoms with van der Waals surface area (Å²) in [5, 5.41) is 3.72. The molecule has 0 saturated heterocycles. The van der Waals surface area contributed by atoms with E-state index in [1.807, 2.05) is 0 Å². The average Bonchev–Trinajstić information content (AvgIpc) is 2.41. The molecule has 1 heterocycles. The third-order valence-electron chi connectivity index (χ3n) is 3.67. The summed E-state index contributed by atoms with van der Waals surface area (Å²) in [6, 6.07) is 0.449. The molecule has 0 aliphatic carbocycles. The van der Waals surface area contributed by atoms with Gasteiger partial charge in [0.25, 0.3) is 0 Å². The predicted molar refractivity (Wildman–Crippen MR) is 78.7 cm³/mol. The summed E-state index contributed by atoms with van der Waals surface area (Å²) in [6.07, 6.45) is 11.0. The second kappa shape index (κ2) is 9.43. The van der Waals surface area contributed by atoms with Crippen LogP contribution in [0.15, 0.2) is 11.8 Å². The molecule has 18 heavy (non-hydrogen) atoms. The zero-order valence-corrected chi connectivity index (χ0v) is 12.5. The van der Waals surface area contributed by atoms with Crippen LogP contribution in [-0.4, -0.2) is 19.2 Å². The Bertz CT molecular complexity index is 231. The van der Waals surface area contributed by atoms with Crippen molar-refractivity contribution in [3.05, 3.63) is 11.8 Å². The third kappa shape index (κ3) is 5.01. The third-order valence-corrected chi connectivity index (χ3v) is 3.67. The van der Waals surface area contributed by atoms with Gasteiger partial charge in [-0.1, -0.05) is 33.6 Å².